The first-order chi connectivity index (χ1) is 21.6. The van der Waals surface area contributed by atoms with Crippen molar-refractivity contribution in [2.24, 2.45) is 0 Å². The van der Waals surface area contributed by atoms with E-state index in [2.05, 4.69) is 29.0 Å². The summed E-state index contributed by atoms with van der Waals surface area (Å²) in [5, 5.41) is 2.56. The van der Waals surface area contributed by atoms with Gasteiger partial charge in [0.05, 0.1) is 17.5 Å². The van der Waals surface area contributed by atoms with E-state index in [1.807, 2.05) is 12.1 Å². The van der Waals surface area contributed by atoms with Gasteiger partial charge in [-0.15, -0.1) is 0 Å². The van der Waals surface area contributed by atoms with Gasteiger partial charge in [-0.3, -0.25) is 19.3 Å². The molecule has 10 heteroatoms. The smallest absolute Gasteiger partial charge is 0.329 e. The van der Waals surface area contributed by atoms with E-state index in [9.17, 15) is 19.2 Å². The highest BCUT2D eigenvalue weighted by atomic mass is 16.6. The van der Waals surface area contributed by atoms with Crippen molar-refractivity contribution in [3.8, 4) is 0 Å². The molecule has 2 atom stereocenters. The maximum absolute atomic E-state index is 14.0. The summed E-state index contributed by atoms with van der Waals surface area (Å²) in [5.41, 5.74) is -1.39. The van der Waals surface area contributed by atoms with E-state index in [1.165, 1.54) is 44.9 Å². The fraction of sp³-hybridized carbons (Fsp3) is 0.694. The number of nitrogens with one attached hydrogen (secondary N) is 1. The van der Waals surface area contributed by atoms with Crippen LogP contribution in [0.15, 0.2) is 29.1 Å². The fourth-order valence-electron chi connectivity index (χ4n) is 6.37. The molecule has 1 N–H and O–H groups in total. The van der Waals surface area contributed by atoms with E-state index in [1.54, 1.807) is 58.2 Å². The number of carbonyl (C=O) groups excluding carboxylic acids is 3. The van der Waals surface area contributed by atoms with Crippen LogP contribution in [-0.2, 0) is 25.6 Å². The molecule has 1 fully saturated rings. The standard InChI is InChI=1S/C36H56N4O6/c1-9-25(39(10-2)26-18-14-12-11-13-15-19-26)22-23-40-29-21-17-16-20-27(29)37-31(33(40)43)32(42)38-28(34(44)46-36(6,7)8)24-30(41)45-35(3,4)5/h16-17,20-21,25-26,28H,9-15,18-19,22-24H2,1-8H3,(H,38,42)/t25-,28?/m0/s1. The zero-order chi connectivity index (χ0) is 34.1. The van der Waals surface area contributed by atoms with Crippen molar-refractivity contribution in [2.45, 2.75) is 155 Å². The quantitative estimate of drug-likeness (QED) is 0.274. The molecule has 0 spiro atoms. The van der Waals surface area contributed by atoms with E-state index >= 15 is 0 Å². The van der Waals surface area contributed by atoms with Gasteiger partial charge in [0.25, 0.3) is 11.5 Å². The predicted molar refractivity (Wildman–Crippen MR) is 181 cm³/mol. The lowest BCUT2D eigenvalue weighted by atomic mass is 9.93. The van der Waals surface area contributed by atoms with E-state index in [0.29, 0.717) is 23.6 Å². The maximum atomic E-state index is 14.0. The third-order valence-electron chi connectivity index (χ3n) is 8.39. The minimum absolute atomic E-state index is 0.288. The number of amides is 1. The predicted octanol–water partition coefficient (Wildman–Crippen LogP) is 6.17. The summed E-state index contributed by atoms with van der Waals surface area (Å²) in [7, 11) is 0. The van der Waals surface area contributed by atoms with Gasteiger partial charge in [-0.05, 0) is 85.9 Å². The minimum atomic E-state index is -1.37. The number of ether oxygens (including phenoxy) is 2. The molecular weight excluding hydrogens is 584 g/mol. The SMILES string of the molecule is CC[C@@H](CCn1c(=O)c(C(=O)NC(CC(=O)OC(C)(C)C)C(=O)OC(C)(C)C)nc2ccccc21)N(CC)C1CCCCCCC1. The molecule has 1 aromatic heterocycles. The van der Waals surface area contributed by atoms with Gasteiger partial charge in [-0.2, -0.15) is 0 Å². The van der Waals surface area contributed by atoms with E-state index < -0.39 is 47.1 Å². The molecule has 1 aliphatic rings. The van der Waals surface area contributed by atoms with Crippen molar-refractivity contribution in [1.82, 2.24) is 19.8 Å². The largest absolute Gasteiger partial charge is 0.460 e. The molecule has 1 aromatic carbocycles. The molecule has 1 unspecified atom stereocenters. The highest BCUT2D eigenvalue weighted by molar-refractivity contribution is 5.97. The summed E-state index contributed by atoms with van der Waals surface area (Å²) < 4.78 is 12.5. The first-order valence-corrected chi connectivity index (χ1v) is 17.1. The van der Waals surface area contributed by atoms with Gasteiger partial charge in [0.1, 0.15) is 17.2 Å². The number of fused-ring (bicyclic) bond motifs is 1. The normalized spacial score (nSPS) is 16.4. The molecule has 2 aromatic rings. The zero-order valence-electron chi connectivity index (χ0n) is 29.3. The van der Waals surface area contributed by atoms with Crippen LogP contribution in [0.1, 0.15) is 130 Å². The molecule has 1 amide bonds. The van der Waals surface area contributed by atoms with Crippen molar-refractivity contribution >= 4 is 28.9 Å². The summed E-state index contributed by atoms with van der Waals surface area (Å²) in [4.78, 5) is 60.5. The van der Waals surface area contributed by atoms with Gasteiger partial charge >= 0.3 is 11.9 Å². The lowest BCUT2D eigenvalue weighted by Gasteiger charge is -2.38. The molecule has 1 saturated carbocycles. The first-order valence-electron chi connectivity index (χ1n) is 17.1. The lowest BCUT2D eigenvalue weighted by molar-refractivity contribution is -0.164. The Morgan fingerprint density at radius 1 is 0.957 bits per heavy atom. The molecular formula is C36H56N4O6. The molecule has 0 saturated heterocycles. The molecule has 10 nitrogen and oxygen atoms in total. The summed E-state index contributed by atoms with van der Waals surface area (Å²) in [6, 6.07) is 6.72. The number of rotatable bonds is 12. The molecule has 0 radical (unpaired) electrons. The van der Waals surface area contributed by atoms with Crippen molar-refractivity contribution in [3.63, 3.8) is 0 Å². The van der Waals surface area contributed by atoms with Crippen LogP contribution in [0.5, 0.6) is 0 Å². The van der Waals surface area contributed by atoms with Crippen LogP contribution >= 0.6 is 0 Å². The number of aromatic nitrogens is 2. The molecule has 0 bridgehead atoms. The topological polar surface area (TPSA) is 120 Å². The molecule has 1 heterocycles. The Labute approximate surface area is 274 Å². The van der Waals surface area contributed by atoms with Crippen molar-refractivity contribution in [1.29, 1.82) is 0 Å². The number of nitrogens with zero attached hydrogens (tertiary/aromatic N) is 3. The Kier molecular flexibility index (Phi) is 13.4. The van der Waals surface area contributed by atoms with Gasteiger partial charge in [0.2, 0.25) is 0 Å². The maximum Gasteiger partial charge on any atom is 0.329 e. The minimum Gasteiger partial charge on any atom is -0.460 e. The number of aryl methyl sites for hydroxylation is 1. The number of para-hydroxylation sites is 2. The fourth-order valence-corrected chi connectivity index (χ4v) is 6.37. The number of hydrogen-bond donors (Lipinski definition) is 1. The molecule has 1 aliphatic carbocycles. The van der Waals surface area contributed by atoms with Crippen LogP contribution in [0.25, 0.3) is 11.0 Å². The monoisotopic (exact) mass is 640 g/mol. The molecule has 256 valence electrons. The van der Waals surface area contributed by atoms with Crippen LogP contribution in [0.2, 0.25) is 0 Å². The van der Waals surface area contributed by atoms with Crippen LogP contribution in [0.3, 0.4) is 0 Å². The van der Waals surface area contributed by atoms with Crippen LogP contribution in [-0.4, -0.2) is 68.2 Å². The van der Waals surface area contributed by atoms with Crippen LogP contribution < -0.4 is 10.9 Å². The van der Waals surface area contributed by atoms with Gasteiger partial charge in [-0.25, -0.2) is 9.78 Å². The van der Waals surface area contributed by atoms with Crippen LogP contribution in [0, 0.1) is 0 Å². The number of hydrogen-bond acceptors (Lipinski definition) is 8. The summed E-state index contributed by atoms with van der Waals surface area (Å²) >= 11 is 0. The zero-order valence-corrected chi connectivity index (χ0v) is 29.3. The second-order valence-corrected chi connectivity index (χ2v) is 14.4. The highest BCUT2D eigenvalue weighted by Gasteiger charge is 2.33. The average Bonchev–Trinajstić information content (AvgIpc) is 2.94. The summed E-state index contributed by atoms with van der Waals surface area (Å²) in [5.74, 6) is -2.32. The van der Waals surface area contributed by atoms with E-state index in [-0.39, 0.29) is 11.7 Å². The van der Waals surface area contributed by atoms with Crippen molar-refractivity contribution in [2.75, 3.05) is 6.54 Å². The van der Waals surface area contributed by atoms with Gasteiger partial charge in [0.15, 0.2) is 5.69 Å². The molecule has 3 rings (SSSR count). The Hall–Kier alpha value is -3.27. The number of carbonyl (C=O) groups is 3. The third-order valence-corrected chi connectivity index (χ3v) is 8.39. The van der Waals surface area contributed by atoms with E-state index in [4.69, 9.17) is 9.47 Å². The number of benzene rings is 1. The van der Waals surface area contributed by atoms with Crippen LogP contribution in [0.4, 0.5) is 0 Å². The Morgan fingerprint density at radius 3 is 2.15 bits per heavy atom. The Morgan fingerprint density at radius 2 is 1.57 bits per heavy atom. The molecule has 0 aliphatic heterocycles. The van der Waals surface area contributed by atoms with Gasteiger partial charge in [-0.1, -0.05) is 58.1 Å². The van der Waals surface area contributed by atoms with E-state index in [0.717, 1.165) is 19.4 Å². The lowest BCUT2D eigenvalue weighted by Crippen LogP contribution is -2.48. The third kappa shape index (κ3) is 10.9. The van der Waals surface area contributed by atoms with Crippen molar-refractivity contribution < 1.29 is 23.9 Å². The second kappa shape index (κ2) is 16.5. The highest BCUT2D eigenvalue weighted by Crippen LogP contribution is 2.25. The first kappa shape index (κ1) is 37.2. The number of esters is 2. The average molecular weight is 641 g/mol. The molecule has 46 heavy (non-hydrogen) atoms. The van der Waals surface area contributed by atoms with Crippen molar-refractivity contribution in [3.05, 3.63) is 40.3 Å². The summed E-state index contributed by atoms with van der Waals surface area (Å²) in [6.07, 6.45) is 10.1. The second-order valence-electron chi connectivity index (χ2n) is 14.4. The van der Waals surface area contributed by atoms with Gasteiger partial charge < -0.3 is 19.4 Å². The summed E-state index contributed by atoms with van der Waals surface area (Å²) in [6.45, 7) is 16.0. The van der Waals surface area contributed by atoms with Gasteiger partial charge in [0, 0.05) is 18.6 Å². The Balaban J connectivity index is 1.91. The Bertz CT molecular complexity index is 1380.